The third kappa shape index (κ3) is 4.91. The summed E-state index contributed by atoms with van der Waals surface area (Å²) in [6, 6.07) is 13.9. The topological polar surface area (TPSA) is 27.9 Å². The standard InChI is InChI=1S/C36H44N2O.ClH/c1-35(2)30-18-11-14-27-16-13-23-38(34(27)30)32(35)20-8-6-7-17-29-26-37-24-21-28-15-12-19-31(33(28)37)36(29,3)22-9-4-5-10-25-39;/h6-8,11-12,14-15,17-20,26,39H,4-5,9-10,13,16,21-25H2,1-3H3;1H/b8-6+,17-7+,32-20+;. The van der Waals surface area contributed by atoms with Crippen LogP contribution in [0.3, 0.4) is 0 Å². The molecule has 6 rings (SSSR count). The largest absolute Gasteiger partial charge is 1.00 e. The Balaban J connectivity index is 0.00000323. The number of nitrogens with one attached hydrogen (secondary N) is 1. The Labute approximate surface area is 247 Å². The van der Waals surface area contributed by atoms with Crippen molar-refractivity contribution in [2.75, 3.05) is 24.6 Å². The molecule has 3 nitrogen and oxygen atoms in total. The average molecular weight is 557 g/mol. The van der Waals surface area contributed by atoms with Crippen LogP contribution in [0.1, 0.15) is 81.5 Å². The number of nitrogens with zero attached hydrogens (tertiary/aromatic N) is 1. The number of aryl methyl sites for hydroxylation is 1. The van der Waals surface area contributed by atoms with E-state index in [1.54, 1.807) is 0 Å². The molecule has 0 radical (unpaired) electrons. The van der Waals surface area contributed by atoms with Gasteiger partial charge in [-0.15, -0.1) is 0 Å². The van der Waals surface area contributed by atoms with Gasteiger partial charge in [0.2, 0.25) is 0 Å². The molecule has 212 valence electrons. The highest BCUT2D eigenvalue weighted by Crippen LogP contribution is 2.51. The maximum atomic E-state index is 9.20. The van der Waals surface area contributed by atoms with Crippen molar-refractivity contribution in [1.82, 2.24) is 0 Å². The highest BCUT2D eigenvalue weighted by molar-refractivity contribution is 5.75. The Morgan fingerprint density at radius 3 is 2.50 bits per heavy atom. The van der Waals surface area contributed by atoms with Crippen molar-refractivity contribution in [2.24, 2.45) is 0 Å². The number of hydrogen-bond donors (Lipinski definition) is 2. The number of allylic oxidation sites excluding steroid dienone is 7. The first-order valence-electron chi connectivity index (χ1n) is 15.2. The first-order chi connectivity index (χ1) is 18.9. The van der Waals surface area contributed by atoms with E-state index in [2.05, 4.69) is 98.6 Å². The Bertz CT molecular complexity index is 1370. The Hall–Kier alpha value is -2.59. The summed E-state index contributed by atoms with van der Waals surface area (Å²) in [5.41, 5.74) is 12.0. The van der Waals surface area contributed by atoms with Crippen molar-refractivity contribution in [3.63, 3.8) is 0 Å². The van der Waals surface area contributed by atoms with Crippen molar-refractivity contribution in [1.29, 1.82) is 0 Å². The van der Waals surface area contributed by atoms with Crippen LogP contribution in [0.5, 0.6) is 0 Å². The molecule has 0 aliphatic carbocycles. The number of hydrogen-bond acceptors (Lipinski definition) is 2. The first-order valence-corrected chi connectivity index (χ1v) is 15.2. The molecule has 4 heterocycles. The summed E-state index contributed by atoms with van der Waals surface area (Å²) in [7, 11) is 0. The highest BCUT2D eigenvalue weighted by atomic mass is 35.5. The molecule has 2 aromatic rings. The van der Waals surface area contributed by atoms with Gasteiger partial charge in [-0.25, -0.2) is 0 Å². The lowest BCUT2D eigenvalue weighted by atomic mass is 9.69. The van der Waals surface area contributed by atoms with Gasteiger partial charge in [-0.1, -0.05) is 101 Å². The number of aliphatic hydroxyl groups is 1. The van der Waals surface area contributed by atoms with E-state index in [1.165, 1.54) is 81.9 Å². The van der Waals surface area contributed by atoms with E-state index in [1.807, 2.05) is 0 Å². The second-order valence-electron chi connectivity index (χ2n) is 12.7. The number of anilines is 1. The zero-order valence-corrected chi connectivity index (χ0v) is 25.2. The lowest BCUT2D eigenvalue weighted by molar-refractivity contribution is -0.770. The number of aliphatic hydroxyl groups excluding tert-OH is 1. The predicted octanol–water partition coefficient (Wildman–Crippen LogP) is 3.60. The minimum Gasteiger partial charge on any atom is -1.00 e. The van der Waals surface area contributed by atoms with Gasteiger partial charge in [-0.05, 0) is 42.9 Å². The maximum absolute atomic E-state index is 9.20. The minimum absolute atomic E-state index is 0. The fourth-order valence-electron chi connectivity index (χ4n) is 7.68. The van der Waals surface area contributed by atoms with Crippen LogP contribution in [0.2, 0.25) is 0 Å². The van der Waals surface area contributed by atoms with Crippen LogP contribution in [0.4, 0.5) is 11.4 Å². The second kappa shape index (κ2) is 11.7. The molecule has 4 aliphatic heterocycles. The number of halogens is 1. The quantitative estimate of drug-likeness (QED) is 0.365. The Morgan fingerprint density at radius 2 is 1.68 bits per heavy atom. The van der Waals surface area contributed by atoms with Crippen molar-refractivity contribution < 1.29 is 22.4 Å². The summed E-state index contributed by atoms with van der Waals surface area (Å²) >= 11 is 0. The normalized spacial score (nSPS) is 24.9. The number of rotatable bonds is 9. The number of quaternary nitrogens is 1. The number of unbranched alkanes of at least 4 members (excludes halogenated alkanes) is 3. The van der Waals surface area contributed by atoms with E-state index in [9.17, 15) is 5.11 Å². The van der Waals surface area contributed by atoms with Gasteiger partial charge in [0.05, 0.1) is 6.54 Å². The third-order valence-electron chi connectivity index (χ3n) is 9.86. The zero-order valence-electron chi connectivity index (χ0n) is 24.5. The fourth-order valence-corrected chi connectivity index (χ4v) is 7.68. The number of benzene rings is 2. The molecule has 4 heteroatoms. The van der Waals surface area contributed by atoms with E-state index in [-0.39, 0.29) is 23.2 Å². The van der Waals surface area contributed by atoms with Crippen LogP contribution in [-0.4, -0.2) is 24.8 Å². The maximum Gasteiger partial charge on any atom is 0.143 e. The summed E-state index contributed by atoms with van der Waals surface area (Å²) in [5.74, 6) is 0. The molecule has 2 unspecified atom stereocenters. The summed E-state index contributed by atoms with van der Waals surface area (Å²) < 4.78 is 0. The smallest absolute Gasteiger partial charge is 0.143 e. The molecular formula is C36H45ClN2O. The molecule has 4 aliphatic rings. The minimum atomic E-state index is 0. The number of para-hydroxylation sites is 2. The summed E-state index contributed by atoms with van der Waals surface area (Å²) in [6.07, 6.45) is 23.1. The van der Waals surface area contributed by atoms with E-state index in [0.717, 1.165) is 32.4 Å². The predicted molar refractivity (Wildman–Crippen MR) is 163 cm³/mol. The van der Waals surface area contributed by atoms with Gasteiger partial charge < -0.3 is 22.4 Å². The summed E-state index contributed by atoms with van der Waals surface area (Å²) in [4.78, 5) is 4.10. The van der Waals surface area contributed by atoms with Gasteiger partial charge in [0.25, 0.3) is 0 Å². The van der Waals surface area contributed by atoms with Gasteiger partial charge in [-0.2, -0.15) is 0 Å². The monoisotopic (exact) mass is 556 g/mol. The van der Waals surface area contributed by atoms with Crippen molar-refractivity contribution >= 4 is 11.4 Å². The summed E-state index contributed by atoms with van der Waals surface area (Å²) in [5, 5.41) is 9.20. The van der Waals surface area contributed by atoms with Gasteiger partial charge in [-0.3, -0.25) is 4.90 Å². The third-order valence-corrected chi connectivity index (χ3v) is 9.86. The van der Waals surface area contributed by atoms with E-state index in [4.69, 9.17) is 0 Å². The summed E-state index contributed by atoms with van der Waals surface area (Å²) in [6.45, 7) is 9.79. The molecule has 0 amide bonds. The molecule has 2 N–H and O–H groups in total. The van der Waals surface area contributed by atoms with Crippen LogP contribution in [0.25, 0.3) is 0 Å². The van der Waals surface area contributed by atoms with Gasteiger partial charge in [0, 0.05) is 58.5 Å². The zero-order chi connectivity index (χ0) is 27.0. The molecule has 2 aromatic carbocycles. The molecule has 0 aromatic heterocycles. The van der Waals surface area contributed by atoms with Crippen molar-refractivity contribution in [3.8, 4) is 0 Å². The van der Waals surface area contributed by atoms with E-state index < -0.39 is 0 Å². The van der Waals surface area contributed by atoms with Crippen LogP contribution < -0.4 is 22.2 Å². The van der Waals surface area contributed by atoms with Crippen LogP contribution >= 0.6 is 0 Å². The molecule has 40 heavy (non-hydrogen) atoms. The van der Waals surface area contributed by atoms with Gasteiger partial charge in [0.15, 0.2) is 0 Å². The second-order valence-corrected chi connectivity index (χ2v) is 12.7. The van der Waals surface area contributed by atoms with Crippen molar-refractivity contribution in [3.05, 3.63) is 107 Å². The molecular weight excluding hydrogens is 512 g/mol. The van der Waals surface area contributed by atoms with Gasteiger partial charge in [0.1, 0.15) is 11.9 Å². The molecule has 0 spiro atoms. The average Bonchev–Trinajstić information content (AvgIpc) is 3.45. The lowest BCUT2D eigenvalue weighted by Gasteiger charge is -2.36. The van der Waals surface area contributed by atoms with E-state index >= 15 is 0 Å². The Morgan fingerprint density at radius 1 is 0.900 bits per heavy atom. The fraction of sp³-hybridized carbons (Fsp3) is 0.444. The molecule has 0 saturated carbocycles. The highest BCUT2D eigenvalue weighted by Gasteiger charge is 2.43. The van der Waals surface area contributed by atoms with E-state index in [0.29, 0.717) is 6.61 Å². The molecule has 2 atom stereocenters. The Kier molecular flexibility index (Phi) is 8.47. The van der Waals surface area contributed by atoms with Gasteiger partial charge >= 0.3 is 0 Å². The van der Waals surface area contributed by atoms with Crippen LogP contribution in [0, 0.1) is 0 Å². The SMILES string of the molecule is CC1(CCCCCCO)C(/C=C/C=C/C=C2/N3CCCc4cccc(c43)C2(C)C)=C[NH+]2CCc3cccc1c32.[Cl-]. The van der Waals surface area contributed by atoms with Crippen LogP contribution in [-0.2, 0) is 23.7 Å². The lowest BCUT2D eigenvalue weighted by Crippen LogP contribution is -3.02. The van der Waals surface area contributed by atoms with Crippen LogP contribution in [0.15, 0.2) is 84.2 Å². The molecule has 0 saturated heterocycles. The van der Waals surface area contributed by atoms with Crippen molar-refractivity contribution in [2.45, 2.75) is 83.0 Å². The first kappa shape index (κ1) is 28.9. The molecule has 0 fully saturated rings. The molecule has 0 bridgehead atoms.